The Kier molecular flexibility index (Phi) is 8.68. The topological polar surface area (TPSA) is 70.4 Å². The molecule has 28 heavy (non-hydrogen) atoms. The highest BCUT2D eigenvalue weighted by Gasteiger charge is 2.24. The first-order chi connectivity index (χ1) is 13.1. The summed E-state index contributed by atoms with van der Waals surface area (Å²) in [6.07, 6.45) is 2.14. The number of hydrogen-bond donors (Lipinski definition) is 2. The molecule has 1 aliphatic heterocycles. The third-order valence-electron chi connectivity index (χ3n) is 5.11. The third-order valence-corrected chi connectivity index (χ3v) is 5.11. The summed E-state index contributed by atoms with van der Waals surface area (Å²) in [4.78, 5) is 11.3. The minimum atomic E-state index is 0. The van der Waals surface area contributed by atoms with Crippen molar-refractivity contribution in [2.45, 2.75) is 51.9 Å². The van der Waals surface area contributed by atoms with E-state index in [2.05, 4.69) is 74.9 Å². The number of likely N-dealkylation sites (N-methyl/N-ethyl adjacent to an activating group) is 1. The summed E-state index contributed by atoms with van der Waals surface area (Å²) in [5.41, 5.74) is 1.33. The van der Waals surface area contributed by atoms with Crippen LogP contribution in [-0.4, -0.2) is 52.3 Å². The molecule has 2 aromatic rings. The van der Waals surface area contributed by atoms with E-state index in [0.29, 0.717) is 6.04 Å². The normalized spacial score (nSPS) is 17.6. The maximum absolute atomic E-state index is 4.59. The molecular weight excluding hydrogens is 465 g/mol. The first kappa shape index (κ1) is 22.6. The maximum Gasteiger partial charge on any atom is 0.191 e. The number of aromatic nitrogens is 3. The number of benzene rings is 1. The Hall–Kier alpha value is -1.68. The molecule has 8 heteroatoms. The van der Waals surface area contributed by atoms with E-state index in [-0.39, 0.29) is 30.0 Å². The zero-order valence-electron chi connectivity index (χ0n) is 17.2. The highest BCUT2D eigenvalue weighted by atomic mass is 127. The first-order valence-electron chi connectivity index (χ1n) is 9.69. The summed E-state index contributed by atoms with van der Waals surface area (Å²) in [5.74, 6) is 2.66. The molecule has 154 valence electrons. The molecule has 0 amide bonds. The molecule has 2 N–H and O–H groups in total. The van der Waals surface area contributed by atoms with Gasteiger partial charge in [-0.3, -0.25) is 9.89 Å². The van der Waals surface area contributed by atoms with Crippen molar-refractivity contribution in [3.05, 3.63) is 47.5 Å². The van der Waals surface area contributed by atoms with Crippen molar-refractivity contribution >= 4 is 29.9 Å². The van der Waals surface area contributed by atoms with E-state index in [1.165, 1.54) is 5.56 Å². The second-order valence-electron chi connectivity index (χ2n) is 7.28. The quantitative estimate of drug-likeness (QED) is 0.365. The van der Waals surface area contributed by atoms with Crippen molar-refractivity contribution in [1.29, 1.82) is 0 Å². The fraction of sp³-hybridized carbons (Fsp3) is 0.550. The molecule has 2 unspecified atom stereocenters. The van der Waals surface area contributed by atoms with Crippen molar-refractivity contribution in [1.82, 2.24) is 30.3 Å². The van der Waals surface area contributed by atoms with Crippen molar-refractivity contribution < 1.29 is 0 Å². The predicted molar refractivity (Wildman–Crippen MR) is 124 cm³/mol. The van der Waals surface area contributed by atoms with E-state index in [4.69, 9.17) is 0 Å². The van der Waals surface area contributed by atoms with Crippen LogP contribution < -0.4 is 10.6 Å². The van der Waals surface area contributed by atoms with Crippen LogP contribution >= 0.6 is 24.0 Å². The smallest absolute Gasteiger partial charge is 0.191 e. The molecule has 2 atom stereocenters. The maximum atomic E-state index is 4.59. The number of nitrogens with one attached hydrogen (secondary N) is 2. The predicted octanol–water partition coefficient (Wildman–Crippen LogP) is 2.72. The number of rotatable bonds is 6. The number of fused-ring (bicyclic) bond motifs is 1. The van der Waals surface area contributed by atoms with Crippen molar-refractivity contribution in [2.24, 2.45) is 4.99 Å². The van der Waals surface area contributed by atoms with Gasteiger partial charge >= 0.3 is 0 Å². The lowest BCUT2D eigenvalue weighted by molar-refractivity contribution is 0.249. The van der Waals surface area contributed by atoms with E-state index in [1.807, 2.05) is 18.7 Å². The molecule has 0 fully saturated rings. The molecule has 3 rings (SSSR count). The Morgan fingerprint density at radius 2 is 2.11 bits per heavy atom. The molecule has 1 aromatic carbocycles. The molecule has 0 spiro atoms. The van der Waals surface area contributed by atoms with Crippen molar-refractivity contribution in [2.75, 3.05) is 20.6 Å². The van der Waals surface area contributed by atoms with Crippen LogP contribution in [0.15, 0.2) is 35.3 Å². The summed E-state index contributed by atoms with van der Waals surface area (Å²) in [6.45, 7) is 6.87. The number of guanidine groups is 1. The fourth-order valence-electron chi connectivity index (χ4n) is 3.39. The van der Waals surface area contributed by atoms with Gasteiger partial charge in [0.25, 0.3) is 0 Å². The fourth-order valence-corrected chi connectivity index (χ4v) is 3.39. The number of aryl methyl sites for hydroxylation is 2. The van der Waals surface area contributed by atoms with E-state index in [1.54, 1.807) is 0 Å². The highest BCUT2D eigenvalue weighted by Crippen LogP contribution is 2.22. The van der Waals surface area contributed by atoms with Crippen molar-refractivity contribution in [3.8, 4) is 0 Å². The van der Waals surface area contributed by atoms with Gasteiger partial charge < -0.3 is 10.6 Å². The summed E-state index contributed by atoms with van der Waals surface area (Å²) in [5, 5.41) is 11.4. The molecule has 0 saturated heterocycles. The lowest BCUT2D eigenvalue weighted by Crippen LogP contribution is -2.46. The van der Waals surface area contributed by atoms with Crippen LogP contribution in [0.5, 0.6) is 0 Å². The van der Waals surface area contributed by atoms with E-state index >= 15 is 0 Å². The lowest BCUT2D eigenvalue weighted by atomic mass is 10.1. The molecule has 0 bridgehead atoms. The Bertz CT molecular complexity index is 759. The van der Waals surface area contributed by atoms with Crippen LogP contribution in [0.3, 0.4) is 0 Å². The van der Waals surface area contributed by atoms with Crippen LogP contribution in [0.4, 0.5) is 0 Å². The van der Waals surface area contributed by atoms with Gasteiger partial charge in [-0.1, -0.05) is 30.3 Å². The van der Waals surface area contributed by atoms with Crippen molar-refractivity contribution in [3.63, 3.8) is 0 Å². The van der Waals surface area contributed by atoms with Crippen LogP contribution in [-0.2, 0) is 13.1 Å². The number of aliphatic imine (C=N–C) groups is 1. The van der Waals surface area contributed by atoms with Crippen LogP contribution in [0, 0.1) is 6.92 Å². The summed E-state index contributed by atoms with van der Waals surface area (Å²) in [7, 11) is 3.97. The van der Waals surface area contributed by atoms with Gasteiger partial charge in [-0.2, -0.15) is 5.10 Å². The molecule has 2 heterocycles. The van der Waals surface area contributed by atoms with Gasteiger partial charge in [0.2, 0.25) is 0 Å². The summed E-state index contributed by atoms with van der Waals surface area (Å²) in [6, 6.07) is 11.1. The monoisotopic (exact) mass is 497 g/mol. The van der Waals surface area contributed by atoms with Crippen LogP contribution in [0.25, 0.3) is 0 Å². The Labute approximate surface area is 185 Å². The van der Waals surface area contributed by atoms with E-state index in [0.717, 1.165) is 50.1 Å². The highest BCUT2D eigenvalue weighted by molar-refractivity contribution is 14.0. The Morgan fingerprint density at radius 3 is 2.82 bits per heavy atom. The minimum absolute atomic E-state index is 0. The van der Waals surface area contributed by atoms with Gasteiger partial charge in [0.05, 0.1) is 6.04 Å². The van der Waals surface area contributed by atoms with E-state index < -0.39 is 0 Å². The second kappa shape index (κ2) is 10.8. The van der Waals surface area contributed by atoms with Crippen LogP contribution in [0.2, 0.25) is 0 Å². The zero-order valence-corrected chi connectivity index (χ0v) is 19.6. The number of hydrogen-bond acceptors (Lipinski definition) is 4. The first-order valence-corrected chi connectivity index (χ1v) is 9.69. The molecule has 0 aliphatic carbocycles. The Balaban J connectivity index is 0.00000280. The van der Waals surface area contributed by atoms with Crippen LogP contribution in [0.1, 0.15) is 43.0 Å². The largest absolute Gasteiger partial charge is 0.355 e. The van der Waals surface area contributed by atoms with Gasteiger partial charge in [-0.15, -0.1) is 24.0 Å². The average Bonchev–Trinajstić information content (AvgIpc) is 3.06. The second-order valence-corrected chi connectivity index (χ2v) is 7.28. The molecular formula is C20H32IN7. The zero-order chi connectivity index (χ0) is 19.2. The molecule has 0 saturated carbocycles. The summed E-state index contributed by atoms with van der Waals surface area (Å²) >= 11 is 0. The number of halogens is 1. The average molecular weight is 497 g/mol. The standard InChI is InChI=1S/C20H31N7.HI/c1-15(26(4)14-17-9-6-5-7-10-17)13-22-20(21-3)24-18-11-8-12-27-19(18)23-16(2)25-27;/h5-7,9-10,15,18H,8,11-14H2,1-4H3,(H2,21,22,24);1H. The third kappa shape index (κ3) is 5.91. The minimum Gasteiger partial charge on any atom is -0.355 e. The molecule has 7 nitrogen and oxygen atoms in total. The molecule has 0 radical (unpaired) electrons. The summed E-state index contributed by atoms with van der Waals surface area (Å²) < 4.78 is 2.01. The van der Waals surface area contributed by atoms with Gasteiger partial charge in [-0.05, 0) is 39.3 Å². The molecule has 1 aliphatic rings. The van der Waals surface area contributed by atoms with Gasteiger partial charge in [0, 0.05) is 32.7 Å². The SMILES string of the molecule is CN=C(NCC(C)N(C)Cc1ccccc1)NC1CCCn2nc(C)nc21.I. The Morgan fingerprint density at radius 1 is 1.36 bits per heavy atom. The van der Waals surface area contributed by atoms with Gasteiger partial charge in [-0.25, -0.2) is 9.67 Å². The van der Waals surface area contributed by atoms with E-state index in [9.17, 15) is 0 Å². The lowest BCUT2D eigenvalue weighted by Gasteiger charge is -2.28. The van der Waals surface area contributed by atoms with Gasteiger partial charge in [0.1, 0.15) is 11.6 Å². The van der Waals surface area contributed by atoms with Gasteiger partial charge in [0.15, 0.2) is 5.96 Å². The molecule has 1 aromatic heterocycles. The number of nitrogens with zero attached hydrogens (tertiary/aromatic N) is 5.